The molecule has 0 aromatic carbocycles. The second-order valence-corrected chi connectivity index (χ2v) is 3.26. The van der Waals surface area contributed by atoms with Crippen molar-refractivity contribution in [3.8, 4) is 5.88 Å². The fourth-order valence-electron chi connectivity index (χ4n) is 1.16. The van der Waals surface area contributed by atoms with E-state index in [1.807, 2.05) is 6.07 Å². The first-order chi connectivity index (χ1) is 7.28. The van der Waals surface area contributed by atoms with Gasteiger partial charge in [0.25, 0.3) is 0 Å². The molecule has 0 fully saturated rings. The van der Waals surface area contributed by atoms with Gasteiger partial charge in [-0.25, -0.2) is 10.1 Å². The van der Waals surface area contributed by atoms with Crippen LogP contribution in [-0.2, 0) is 6.42 Å². The summed E-state index contributed by atoms with van der Waals surface area (Å²) >= 11 is 4.74. The second-order valence-electron chi connectivity index (χ2n) is 2.91. The van der Waals surface area contributed by atoms with Crippen molar-refractivity contribution < 1.29 is 9.26 Å². The first kappa shape index (κ1) is 9.85. The minimum atomic E-state index is 0.214. The molecule has 2 rings (SSSR count). The van der Waals surface area contributed by atoms with Crippen LogP contribution in [0.5, 0.6) is 5.88 Å². The molecule has 0 spiro atoms. The number of nitrogens with zero attached hydrogens (tertiary/aromatic N) is 2. The maximum absolute atomic E-state index is 4.95. The molecule has 0 atom stereocenters. The summed E-state index contributed by atoms with van der Waals surface area (Å²) in [6, 6.07) is 3.71. The van der Waals surface area contributed by atoms with Gasteiger partial charge in [0.2, 0.25) is 5.88 Å². The Labute approximate surface area is 91.1 Å². The number of hydrogen-bond acceptors (Lipinski definition) is 5. The van der Waals surface area contributed by atoms with Crippen LogP contribution in [0.3, 0.4) is 0 Å². The Balaban J connectivity index is 2.14. The fourth-order valence-corrected chi connectivity index (χ4v) is 1.32. The Kier molecular flexibility index (Phi) is 2.77. The van der Waals surface area contributed by atoms with E-state index in [2.05, 4.69) is 15.1 Å². The molecule has 0 saturated heterocycles. The third-order valence-corrected chi connectivity index (χ3v) is 2.04. The summed E-state index contributed by atoms with van der Waals surface area (Å²) in [5, 5.41) is 2.63. The van der Waals surface area contributed by atoms with Crippen LogP contribution in [0.2, 0.25) is 0 Å². The first-order valence-corrected chi connectivity index (χ1v) is 4.72. The van der Waals surface area contributed by atoms with Crippen molar-refractivity contribution >= 4 is 12.2 Å². The van der Waals surface area contributed by atoms with E-state index in [-0.39, 0.29) is 4.84 Å². The molecule has 0 saturated carbocycles. The number of ether oxygens (including phenoxy) is 1. The average molecular weight is 223 g/mol. The molecule has 1 N–H and O–H groups in total. The van der Waals surface area contributed by atoms with Gasteiger partial charge in [0.15, 0.2) is 0 Å². The third-order valence-electron chi connectivity index (χ3n) is 1.86. The summed E-state index contributed by atoms with van der Waals surface area (Å²) in [6.07, 6.45) is 2.33. The molecule has 0 aliphatic heterocycles. The zero-order valence-corrected chi connectivity index (χ0v) is 8.87. The van der Waals surface area contributed by atoms with Gasteiger partial charge in [-0.3, -0.25) is 0 Å². The number of H-pyrrole nitrogens is 1. The number of rotatable bonds is 3. The van der Waals surface area contributed by atoms with Gasteiger partial charge < -0.3 is 9.26 Å². The highest BCUT2D eigenvalue weighted by molar-refractivity contribution is 7.71. The summed E-state index contributed by atoms with van der Waals surface area (Å²) in [7, 11) is 1.58. The molecule has 6 heteroatoms. The standard InChI is InChI=1S/C9H9N3O2S/c1-13-8-3-2-6(5-10-8)4-7-11-9(15)14-12-7/h2-3,5H,4H2,1H3,(H,11,12,15). The molecule has 0 radical (unpaired) electrons. The van der Waals surface area contributed by atoms with Crippen molar-refractivity contribution in [3.63, 3.8) is 0 Å². The van der Waals surface area contributed by atoms with Crippen LogP contribution in [0.25, 0.3) is 0 Å². The van der Waals surface area contributed by atoms with E-state index < -0.39 is 0 Å². The third kappa shape index (κ3) is 2.41. The van der Waals surface area contributed by atoms with Crippen molar-refractivity contribution in [2.75, 3.05) is 7.11 Å². The van der Waals surface area contributed by atoms with E-state index in [0.29, 0.717) is 18.1 Å². The molecule has 0 amide bonds. The van der Waals surface area contributed by atoms with Crippen molar-refractivity contribution in [2.45, 2.75) is 6.42 Å². The van der Waals surface area contributed by atoms with Gasteiger partial charge in [-0.05, 0) is 17.8 Å². The van der Waals surface area contributed by atoms with Gasteiger partial charge >= 0.3 is 4.84 Å². The molecule has 78 valence electrons. The Hall–Kier alpha value is -1.69. The highest BCUT2D eigenvalue weighted by atomic mass is 32.1. The molecule has 0 aliphatic carbocycles. The lowest BCUT2D eigenvalue weighted by Crippen LogP contribution is -1.93. The monoisotopic (exact) mass is 223 g/mol. The normalized spacial score (nSPS) is 10.2. The van der Waals surface area contributed by atoms with Crippen molar-refractivity contribution in [1.82, 2.24) is 15.1 Å². The lowest BCUT2D eigenvalue weighted by Gasteiger charge is -1.99. The summed E-state index contributed by atoms with van der Waals surface area (Å²) in [4.78, 5) is 8.28. The quantitative estimate of drug-likeness (QED) is 0.803. The maximum atomic E-state index is 4.95. The molecule has 5 nitrogen and oxygen atoms in total. The Morgan fingerprint density at radius 1 is 1.53 bits per heavy atom. The summed E-state index contributed by atoms with van der Waals surface area (Å²) < 4.78 is 9.77. The van der Waals surface area contributed by atoms with Gasteiger partial charge in [-0.2, -0.15) is 4.98 Å². The Morgan fingerprint density at radius 3 is 2.93 bits per heavy atom. The molecule has 15 heavy (non-hydrogen) atoms. The van der Waals surface area contributed by atoms with E-state index in [0.717, 1.165) is 5.56 Å². The van der Waals surface area contributed by atoms with Crippen LogP contribution in [0.15, 0.2) is 22.9 Å². The predicted octanol–water partition coefficient (Wildman–Crippen LogP) is 1.73. The van der Waals surface area contributed by atoms with Gasteiger partial charge in [0, 0.05) is 18.7 Å². The van der Waals surface area contributed by atoms with E-state index in [9.17, 15) is 0 Å². The summed E-state index contributed by atoms with van der Waals surface area (Å²) in [5.41, 5.74) is 1.01. The van der Waals surface area contributed by atoms with Crippen LogP contribution in [0, 0.1) is 4.84 Å². The number of methoxy groups -OCH3 is 1. The topological polar surface area (TPSA) is 63.9 Å². The zero-order valence-electron chi connectivity index (χ0n) is 8.06. The fraction of sp³-hybridized carbons (Fsp3) is 0.222. The molecule has 2 aromatic heterocycles. The molecular formula is C9H9N3O2S. The van der Waals surface area contributed by atoms with Gasteiger partial charge in [-0.15, -0.1) is 0 Å². The van der Waals surface area contributed by atoms with Crippen molar-refractivity contribution in [2.24, 2.45) is 0 Å². The average Bonchev–Trinajstić information content (AvgIpc) is 2.65. The SMILES string of the molecule is COc1ccc(Cc2nc(=S)o[nH]2)cn1. The first-order valence-electron chi connectivity index (χ1n) is 4.31. The van der Waals surface area contributed by atoms with Crippen LogP contribution >= 0.6 is 12.2 Å². The molecule has 0 unspecified atom stereocenters. The van der Waals surface area contributed by atoms with E-state index in [1.165, 1.54) is 0 Å². The van der Waals surface area contributed by atoms with E-state index in [4.69, 9.17) is 21.5 Å². The minimum Gasteiger partial charge on any atom is -0.481 e. The van der Waals surface area contributed by atoms with Crippen molar-refractivity contribution in [3.05, 3.63) is 34.6 Å². The zero-order chi connectivity index (χ0) is 10.7. The smallest absolute Gasteiger partial charge is 0.314 e. The number of aromatic amines is 1. The predicted molar refractivity (Wildman–Crippen MR) is 55.3 cm³/mol. The number of aromatic nitrogens is 3. The van der Waals surface area contributed by atoms with Crippen LogP contribution in [0.4, 0.5) is 0 Å². The second kappa shape index (κ2) is 4.22. The Bertz CT molecular complexity index is 489. The minimum absolute atomic E-state index is 0.214. The highest BCUT2D eigenvalue weighted by Gasteiger charge is 2.01. The summed E-state index contributed by atoms with van der Waals surface area (Å²) in [6.45, 7) is 0. The number of nitrogens with one attached hydrogen (secondary N) is 1. The largest absolute Gasteiger partial charge is 0.481 e. The highest BCUT2D eigenvalue weighted by Crippen LogP contribution is 2.09. The van der Waals surface area contributed by atoms with Gasteiger partial charge in [0.05, 0.1) is 7.11 Å². The lowest BCUT2D eigenvalue weighted by atomic mass is 10.2. The Morgan fingerprint density at radius 2 is 2.40 bits per heavy atom. The summed E-state index contributed by atoms with van der Waals surface area (Å²) in [5.74, 6) is 1.28. The molecule has 0 aliphatic rings. The van der Waals surface area contributed by atoms with Gasteiger partial charge in [0.1, 0.15) is 5.82 Å². The molecule has 0 bridgehead atoms. The van der Waals surface area contributed by atoms with Crippen LogP contribution in [0.1, 0.15) is 11.4 Å². The van der Waals surface area contributed by atoms with Crippen molar-refractivity contribution in [1.29, 1.82) is 0 Å². The number of hydrogen-bond donors (Lipinski definition) is 1. The lowest BCUT2D eigenvalue weighted by molar-refractivity contribution is 0.397. The van der Waals surface area contributed by atoms with Gasteiger partial charge in [-0.1, -0.05) is 6.07 Å². The molecule has 2 aromatic rings. The maximum Gasteiger partial charge on any atom is 0.314 e. The molecular weight excluding hydrogens is 214 g/mol. The van der Waals surface area contributed by atoms with E-state index >= 15 is 0 Å². The number of pyridine rings is 1. The van der Waals surface area contributed by atoms with Crippen LogP contribution < -0.4 is 4.74 Å². The molecule has 2 heterocycles. The van der Waals surface area contributed by atoms with E-state index in [1.54, 1.807) is 19.4 Å². The van der Waals surface area contributed by atoms with Crippen LogP contribution in [-0.4, -0.2) is 22.2 Å².